The summed E-state index contributed by atoms with van der Waals surface area (Å²) in [7, 11) is 0. The molecule has 8 fully saturated rings. The molecule has 8 aliphatic heterocycles. The Balaban J connectivity index is 0.000000138. The van der Waals surface area contributed by atoms with Crippen LogP contribution in [0.5, 0.6) is 0 Å². The first-order chi connectivity index (χ1) is 58.4. The summed E-state index contributed by atoms with van der Waals surface area (Å²) >= 11 is 0. The van der Waals surface area contributed by atoms with E-state index in [2.05, 4.69) is 137 Å². The molecule has 8 atom stereocenters. The number of nitrogens with zero attached hydrogens (tertiary/aromatic N) is 8. The van der Waals surface area contributed by atoms with Crippen molar-refractivity contribution in [1.29, 1.82) is 0 Å². The molecule has 4 aromatic carbocycles. The second-order valence-electron chi connectivity index (χ2n) is 32.7. The summed E-state index contributed by atoms with van der Waals surface area (Å²) in [5.74, 6) is 3.11. The number of rotatable bonds is 20. The standard InChI is InChI=1S/4C23H29F2N3O2/c4*24-23(25)20-16-27(11-12-30-20)19-14-21(26-22(29)15-19)28-10-6-2-5-9-18(28)13-17-7-3-1-4-8-17/h4*1,3-4,7-8,14-15,18,20,23H,2,5-6,9-13,16H2,(H,26,29)/t18-,20?;18-,20+;2*18-,20-/m1010/s1. The van der Waals surface area contributed by atoms with Gasteiger partial charge in [-0.15, -0.1) is 0 Å². The maximum atomic E-state index is 13.1. The van der Waals surface area contributed by atoms with Gasteiger partial charge in [0, 0.05) is 174 Å². The second-order valence-corrected chi connectivity index (χ2v) is 32.7. The van der Waals surface area contributed by atoms with E-state index < -0.39 is 50.1 Å². The lowest BCUT2D eigenvalue weighted by Gasteiger charge is -2.36. The second kappa shape index (κ2) is 44.2. The molecule has 8 aromatic rings. The van der Waals surface area contributed by atoms with Gasteiger partial charge in [-0.3, -0.25) is 19.2 Å². The Kier molecular flexibility index (Phi) is 32.5. The van der Waals surface area contributed by atoms with E-state index in [0.29, 0.717) is 73.1 Å². The van der Waals surface area contributed by atoms with Crippen LogP contribution >= 0.6 is 0 Å². The number of ether oxygens (including phenoxy) is 4. The van der Waals surface area contributed by atoms with Crippen molar-refractivity contribution in [3.8, 4) is 0 Å². The van der Waals surface area contributed by atoms with Gasteiger partial charge >= 0.3 is 0 Å². The third-order valence-electron chi connectivity index (χ3n) is 24.2. The lowest BCUT2D eigenvalue weighted by Crippen LogP contribution is -2.46. The Hall–Kier alpha value is -9.64. The van der Waals surface area contributed by atoms with E-state index in [-0.39, 0.29) is 74.8 Å². The molecule has 20 nitrogen and oxygen atoms in total. The van der Waals surface area contributed by atoms with Crippen LogP contribution in [0.15, 0.2) is 189 Å². The minimum atomic E-state index is -2.53. The van der Waals surface area contributed by atoms with Crippen LogP contribution in [0.4, 0.5) is 81.1 Å². The smallest absolute Gasteiger partial charge is 0.266 e. The van der Waals surface area contributed by atoms with Gasteiger partial charge in [0.15, 0.2) is 0 Å². The fourth-order valence-corrected chi connectivity index (χ4v) is 18.0. The molecule has 4 N–H and O–H groups in total. The molecule has 8 aliphatic rings. The number of H-pyrrole nitrogens is 4. The summed E-state index contributed by atoms with van der Waals surface area (Å²) in [6.07, 6.45) is 6.93. The number of alkyl halides is 8. The third-order valence-corrected chi connectivity index (χ3v) is 24.2. The summed E-state index contributed by atoms with van der Waals surface area (Å²) in [5, 5.41) is 0. The zero-order chi connectivity index (χ0) is 83.7. The quantitative estimate of drug-likeness (QED) is 0.0526. The first-order valence-electron chi connectivity index (χ1n) is 43.2. The van der Waals surface area contributed by atoms with Crippen LogP contribution in [-0.4, -0.2) is 199 Å². The number of hydrogen-bond acceptors (Lipinski definition) is 16. The maximum absolute atomic E-state index is 13.1. The molecule has 8 saturated heterocycles. The highest BCUT2D eigenvalue weighted by Gasteiger charge is 2.36. The molecule has 16 rings (SSSR count). The van der Waals surface area contributed by atoms with Gasteiger partial charge in [0.25, 0.3) is 47.9 Å². The highest BCUT2D eigenvalue weighted by Crippen LogP contribution is 2.35. The van der Waals surface area contributed by atoms with E-state index in [1.807, 2.05) is 68.1 Å². The van der Waals surface area contributed by atoms with E-state index in [1.54, 1.807) is 0 Å². The van der Waals surface area contributed by atoms with Gasteiger partial charge in [0.05, 0.1) is 26.4 Å². The van der Waals surface area contributed by atoms with Crippen LogP contribution in [0, 0.1) is 0 Å². The van der Waals surface area contributed by atoms with Crippen molar-refractivity contribution in [2.75, 3.05) is 144 Å². The number of halogens is 8. The summed E-state index contributed by atoms with van der Waals surface area (Å²) in [4.78, 5) is 78.4. The summed E-state index contributed by atoms with van der Waals surface area (Å²) in [6.45, 7) is 6.80. The van der Waals surface area contributed by atoms with Gasteiger partial charge in [-0.05, 0) is 99.3 Å². The van der Waals surface area contributed by atoms with Gasteiger partial charge in [-0.2, -0.15) is 0 Å². The molecule has 1 unspecified atom stereocenters. The molecule has 0 amide bonds. The molecule has 0 radical (unpaired) electrons. The van der Waals surface area contributed by atoms with E-state index in [0.717, 1.165) is 152 Å². The summed E-state index contributed by atoms with van der Waals surface area (Å²) in [6, 6.07) is 56.5. The number of nitrogens with one attached hydrogen (secondary N) is 4. The molecule has 120 heavy (non-hydrogen) atoms. The van der Waals surface area contributed by atoms with Crippen molar-refractivity contribution in [3.05, 3.63) is 234 Å². The molecule has 0 spiro atoms. The zero-order valence-corrected chi connectivity index (χ0v) is 68.4. The van der Waals surface area contributed by atoms with Crippen LogP contribution in [0.2, 0.25) is 0 Å². The molecule has 0 aliphatic carbocycles. The molecule has 0 saturated carbocycles. The van der Waals surface area contributed by atoms with Gasteiger partial charge in [-0.25, -0.2) is 35.1 Å². The first-order valence-corrected chi connectivity index (χ1v) is 43.2. The number of aromatic amines is 4. The van der Waals surface area contributed by atoms with Gasteiger partial charge in [0.2, 0.25) is 0 Å². The van der Waals surface area contributed by atoms with Crippen molar-refractivity contribution >= 4 is 46.0 Å². The van der Waals surface area contributed by atoms with Crippen molar-refractivity contribution in [3.63, 3.8) is 0 Å². The SMILES string of the molecule is O=c1cc(N2CCOC(C(F)F)C2)cc(N2CCCCC[C@@H]2Cc2ccccc2)[nH]1.O=c1cc(N2CCO[C@@H](C(F)F)C2)cc(N2CCCCC[C@@H]2Cc2ccccc2)[nH]1.O=c1cc(N2CCO[C@@H](C(F)F)C2)cc(N2CCCCC[C@H]2Cc2ccccc2)[nH]1.O=c1cc(N2CCO[C@H](C(F)F)C2)cc(N2CCCCC[C@H]2Cc2ccccc2)[nH]1. The first kappa shape index (κ1) is 88.2. The number of benzene rings is 4. The monoisotopic (exact) mass is 1670 g/mol. The molecule has 28 heteroatoms. The van der Waals surface area contributed by atoms with Crippen molar-refractivity contribution in [1.82, 2.24) is 19.9 Å². The Morgan fingerprint density at radius 1 is 0.275 bits per heavy atom. The van der Waals surface area contributed by atoms with Crippen LogP contribution in [0.1, 0.15) is 125 Å². The summed E-state index contributed by atoms with van der Waals surface area (Å²) < 4.78 is 126. The Morgan fingerprint density at radius 2 is 0.483 bits per heavy atom. The van der Waals surface area contributed by atoms with Crippen molar-refractivity contribution in [2.24, 2.45) is 0 Å². The fraction of sp³-hybridized carbons (Fsp3) is 0.522. The Bertz CT molecular complexity index is 4080. The number of pyridine rings is 4. The molecule has 4 aromatic heterocycles. The molecule has 0 bridgehead atoms. The van der Waals surface area contributed by atoms with Crippen LogP contribution in [0.25, 0.3) is 0 Å². The highest BCUT2D eigenvalue weighted by molar-refractivity contribution is 5.60. The predicted octanol–water partition coefficient (Wildman–Crippen LogP) is 15.3. The number of morpholine rings is 4. The van der Waals surface area contributed by atoms with E-state index in [1.165, 1.54) is 72.2 Å². The number of anilines is 8. The normalized spacial score (nSPS) is 22.9. The average Bonchev–Trinajstić information content (AvgIpc) is 1.13. The topological polar surface area (TPSA) is 194 Å². The minimum Gasteiger partial charge on any atom is -0.369 e. The highest BCUT2D eigenvalue weighted by atomic mass is 19.3. The maximum Gasteiger partial charge on any atom is 0.266 e. The largest absolute Gasteiger partial charge is 0.369 e. The van der Waals surface area contributed by atoms with E-state index in [4.69, 9.17) is 18.9 Å². The fourth-order valence-electron chi connectivity index (χ4n) is 18.0. The van der Waals surface area contributed by atoms with Gasteiger partial charge in [0.1, 0.15) is 47.7 Å². The lowest BCUT2D eigenvalue weighted by molar-refractivity contribution is -0.0614. The van der Waals surface area contributed by atoms with Crippen molar-refractivity contribution < 1.29 is 54.1 Å². The summed E-state index contributed by atoms with van der Waals surface area (Å²) in [5.41, 5.74) is 7.04. The van der Waals surface area contributed by atoms with Crippen molar-refractivity contribution in [2.45, 2.75) is 203 Å². The number of aromatic nitrogens is 4. The van der Waals surface area contributed by atoms with E-state index >= 15 is 0 Å². The van der Waals surface area contributed by atoms with Crippen LogP contribution in [-0.2, 0) is 44.6 Å². The zero-order valence-electron chi connectivity index (χ0n) is 68.4. The lowest BCUT2D eigenvalue weighted by atomic mass is 10.0. The average molecular weight is 1670 g/mol. The third kappa shape index (κ3) is 25.3. The Labute approximate surface area is 697 Å². The van der Waals surface area contributed by atoms with E-state index in [9.17, 15) is 54.3 Å². The van der Waals surface area contributed by atoms with Crippen LogP contribution in [0.3, 0.4) is 0 Å². The molecule has 648 valence electrons. The van der Waals surface area contributed by atoms with Gasteiger partial charge < -0.3 is 78.1 Å². The number of hydrogen-bond donors (Lipinski definition) is 4. The predicted molar refractivity (Wildman–Crippen MR) is 459 cm³/mol. The molecular weight excluding hydrogens is 1550 g/mol. The van der Waals surface area contributed by atoms with Crippen LogP contribution < -0.4 is 61.4 Å². The van der Waals surface area contributed by atoms with Gasteiger partial charge in [-0.1, -0.05) is 173 Å². The minimum absolute atomic E-state index is 0.0913. The Morgan fingerprint density at radius 3 is 0.683 bits per heavy atom. The molecule has 12 heterocycles. The molecular formula is C92H116F8N12O8.